The predicted octanol–water partition coefficient (Wildman–Crippen LogP) is 2.63. The summed E-state index contributed by atoms with van der Waals surface area (Å²) in [4.78, 5) is 18.4. The largest absolute Gasteiger partial charge is 0.590 e. The minimum atomic E-state index is -1.54. The van der Waals surface area contributed by atoms with Crippen LogP contribution in [0.1, 0.15) is 20.8 Å². The first-order chi connectivity index (χ1) is 7.32. The van der Waals surface area contributed by atoms with Crippen molar-refractivity contribution < 1.29 is 14.2 Å². The molecule has 0 aliphatic heterocycles. The third-order valence-corrected chi connectivity index (χ3v) is 5.00. The molecule has 1 atom stereocenters. The molecule has 1 rings (SSSR count). The number of halogens is 1. The zero-order valence-electron chi connectivity index (χ0n) is 9.07. The maximum Gasteiger partial charge on any atom is 0.335 e. The van der Waals surface area contributed by atoms with Crippen molar-refractivity contribution in [1.82, 2.24) is 4.89 Å². The van der Waals surface area contributed by atoms with Crippen LogP contribution in [0.4, 0.5) is 0 Å². The van der Waals surface area contributed by atoms with Gasteiger partial charge in [-0.15, -0.1) is 0 Å². The number of nitrogens with one attached hydrogen (secondary N) is 1. The smallest absolute Gasteiger partial charge is 0.335 e. The minimum absolute atomic E-state index is 0.450. The normalized spacial score (nSPS) is 13.6. The van der Waals surface area contributed by atoms with Gasteiger partial charge in [-0.25, -0.2) is 4.79 Å². The Labute approximate surface area is 110 Å². The standard InChI is InChI=1S/C9H12BrNO3S2/c1-9(2,3)8(12)14-11-16(13)7-6(10)4-5-15-7/h4-5,11H,1-3H3. The summed E-state index contributed by atoms with van der Waals surface area (Å²) >= 11 is 3.03. The average Bonchev–Trinajstić information content (AvgIpc) is 2.58. The summed E-state index contributed by atoms with van der Waals surface area (Å²) in [6.45, 7) is 5.17. The topological polar surface area (TPSA) is 61.4 Å². The van der Waals surface area contributed by atoms with Crippen LogP contribution in [0.25, 0.3) is 0 Å². The number of rotatable bonds is 3. The minimum Gasteiger partial charge on any atom is -0.590 e. The van der Waals surface area contributed by atoms with Crippen molar-refractivity contribution in [2.24, 2.45) is 5.41 Å². The van der Waals surface area contributed by atoms with Crippen molar-refractivity contribution in [2.75, 3.05) is 0 Å². The SMILES string of the molecule is CC(C)(C)C(=O)ON[S+]([O-])c1sccc1Br. The molecular weight excluding hydrogens is 314 g/mol. The van der Waals surface area contributed by atoms with E-state index in [1.807, 2.05) is 0 Å². The molecule has 0 aliphatic carbocycles. The molecule has 0 aliphatic rings. The molecule has 4 nitrogen and oxygen atoms in total. The number of hydrogen-bond donors (Lipinski definition) is 1. The Morgan fingerprint density at radius 2 is 2.25 bits per heavy atom. The van der Waals surface area contributed by atoms with Gasteiger partial charge in [-0.3, -0.25) is 0 Å². The van der Waals surface area contributed by atoms with E-state index in [-0.39, 0.29) is 0 Å². The molecular formula is C9H12BrNO3S2. The lowest BCUT2D eigenvalue weighted by Gasteiger charge is -2.16. The summed E-state index contributed by atoms with van der Waals surface area (Å²) in [7, 11) is 0. The lowest BCUT2D eigenvalue weighted by Crippen LogP contribution is -2.33. The molecule has 7 heteroatoms. The van der Waals surface area contributed by atoms with Gasteiger partial charge in [0, 0.05) is 4.89 Å². The Kier molecular flexibility index (Phi) is 4.81. The average molecular weight is 326 g/mol. The molecule has 1 N–H and O–H groups in total. The molecule has 1 heterocycles. The first-order valence-electron chi connectivity index (χ1n) is 4.44. The highest BCUT2D eigenvalue weighted by atomic mass is 79.9. The van der Waals surface area contributed by atoms with Crippen LogP contribution >= 0.6 is 27.3 Å². The van der Waals surface area contributed by atoms with Crippen LogP contribution in [0, 0.1) is 5.41 Å². The van der Waals surface area contributed by atoms with Crippen LogP contribution in [0.3, 0.4) is 0 Å². The Bertz CT molecular complexity index is 375. The van der Waals surface area contributed by atoms with E-state index in [1.165, 1.54) is 11.3 Å². The first kappa shape index (κ1) is 14.0. The lowest BCUT2D eigenvalue weighted by molar-refractivity contribution is -0.156. The molecule has 0 saturated carbocycles. The Morgan fingerprint density at radius 3 is 2.69 bits per heavy atom. The number of carbonyl (C=O) groups is 1. The second-order valence-electron chi connectivity index (χ2n) is 4.05. The van der Waals surface area contributed by atoms with E-state index in [0.717, 1.165) is 4.47 Å². The quantitative estimate of drug-likeness (QED) is 0.685. The molecule has 0 amide bonds. The van der Waals surface area contributed by atoms with Crippen molar-refractivity contribution in [3.8, 4) is 0 Å². The fourth-order valence-electron chi connectivity index (χ4n) is 0.679. The molecule has 90 valence electrons. The van der Waals surface area contributed by atoms with Crippen molar-refractivity contribution >= 4 is 44.6 Å². The molecule has 1 aromatic rings. The van der Waals surface area contributed by atoms with Gasteiger partial charge in [0.2, 0.25) is 4.21 Å². The molecule has 0 bridgehead atoms. The van der Waals surface area contributed by atoms with E-state index < -0.39 is 22.7 Å². The second-order valence-corrected chi connectivity index (χ2v) is 7.19. The highest BCUT2D eigenvalue weighted by molar-refractivity contribution is 9.10. The van der Waals surface area contributed by atoms with E-state index in [1.54, 1.807) is 32.2 Å². The van der Waals surface area contributed by atoms with Gasteiger partial charge in [0.1, 0.15) is 11.4 Å². The zero-order chi connectivity index (χ0) is 12.3. The summed E-state index contributed by atoms with van der Waals surface area (Å²) in [6, 6.07) is 1.78. The van der Waals surface area contributed by atoms with E-state index >= 15 is 0 Å². The van der Waals surface area contributed by atoms with Gasteiger partial charge in [0.05, 0.1) is 9.89 Å². The molecule has 0 spiro atoms. The monoisotopic (exact) mass is 325 g/mol. The van der Waals surface area contributed by atoms with Crippen molar-refractivity contribution in [2.45, 2.75) is 25.0 Å². The number of carbonyl (C=O) groups excluding carboxylic acids is 1. The van der Waals surface area contributed by atoms with Crippen molar-refractivity contribution in [3.63, 3.8) is 0 Å². The maximum absolute atomic E-state index is 11.7. The molecule has 0 radical (unpaired) electrons. The third kappa shape index (κ3) is 3.74. The van der Waals surface area contributed by atoms with Gasteiger partial charge in [0.15, 0.2) is 0 Å². The van der Waals surface area contributed by atoms with Gasteiger partial charge < -0.3 is 9.39 Å². The van der Waals surface area contributed by atoms with E-state index in [2.05, 4.69) is 20.8 Å². The number of thiophene rings is 1. The van der Waals surface area contributed by atoms with Crippen LogP contribution in [-0.4, -0.2) is 10.5 Å². The summed E-state index contributed by atoms with van der Waals surface area (Å²) in [6.07, 6.45) is 0. The Morgan fingerprint density at radius 1 is 1.62 bits per heavy atom. The molecule has 1 unspecified atom stereocenters. The Hall–Kier alpha value is -0.0800. The predicted molar refractivity (Wildman–Crippen MR) is 67.1 cm³/mol. The summed E-state index contributed by atoms with van der Waals surface area (Å²) < 4.78 is 13.0. The van der Waals surface area contributed by atoms with Gasteiger partial charge in [-0.2, -0.15) is 0 Å². The molecule has 0 aromatic carbocycles. The number of hydrogen-bond acceptors (Lipinski definition) is 5. The molecule has 16 heavy (non-hydrogen) atoms. The van der Waals surface area contributed by atoms with Gasteiger partial charge in [-0.1, -0.05) is 11.3 Å². The fraction of sp³-hybridized carbons (Fsp3) is 0.444. The maximum atomic E-state index is 11.7. The van der Waals surface area contributed by atoms with Gasteiger partial charge in [-0.05, 0) is 48.1 Å². The van der Waals surface area contributed by atoms with Crippen molar-refractivity contribution in [1.29, 1.82) is 0 Å². The second kappa shape index (κ2) is 5.50. The molecule has 1 aromatic heterocycles. The van der Waals surface area contributed by atoms with Crippen LogP contribution in [0.5, 0.6) is 0 Å². The van der Waals surface area contributed by atoms with Crippen LogP contribution in [0.15, 0.2) is 20.1 Å². The summed E-state index contributed by atoms with van der Waals surface area (Å²) in [5.74, 6) is -0.450. The molecule has 0 saturated heterocycles. The fourth-order valence-corrected chi connectivity index (χ4v) is 3.31. The first-order valence-corrected chi connectivity index (χ1v) is 7.26. The summed E-state index contributed by atoms with van der Waals surface area (Å²) in [5, 5.41) is 1.80. The zero-order valence-corrected chi connectivity index (χ0v) is 12.3. The molecule has 0 fully saturated rings. The van der Waals surface area contributed by atoms with Gasteiger partial charge in [0.25, 0.3) is 0 Å². The highest BCUT2D eigenvalue weighted by Gasteiger charge is 2.26. The van der Waals surface area contributed by atoms with Crippen molar-refractivity contribution in [3.05, 3.63) is 15.9 Å². The Balaban J connectivity index is 2.51. The lowest BCUT2D eigenvalue weighted by atomic mass is 9.98. The van der Waals surface area contributed by atoms with E-state index in [4.69, 9.17) is 4.84 Å². The summed E-state index contributed by atoms with van der Waals surface area (Å²) in [5.41, 5.74) is -0.621. The van der Waals surface area contributed by atoms with Crippen LogP contribution in [0.2, 0.25) is 0 Å². The van der Waals surface area contributed by atoms with E-state index in [0.29, 0.717) is 4.21 Å². The third-order valence-electron chi connectivity index (χ3n) is 1.58. The highest BCUT2D eigenvalue weighted by Crippen LogP contribution is 2.27. The van der Waals surface area contributed by atoms with E-state index in [9.17, 15) is 9.35 Å². The van der Waals surface area contributed by atoms with Crippen LogP contribution in [-0.2, 0) is 21.0 Å². The van der Waals surface area contributed by atoms with Gasteiger partial charge >= 0.3 is 5.97 Å². The van der Waals surface area contributed by atoms with Crippen LogP contribution < -0.4 is 4.89 Å².